The molecule has 0 spiro atoms. The number of nitrogens with zero attached hydrogens (tertiary/aromatic N) is 1. The van der Waals surface area contributed by atoms with Gasteiger partial charge in [-0.3, -0.25) is 29.3 Å². The quantitative estimate of drug-likeness (QED) is 0.0349. The molecule has 3 aliphatic rings. The van der Waals surface area contributed by atoms with Crippen molar-refractivity contribution in [3.05, 3.63) is 87.5 Å². The number of carbonyl (C=O) groups excluding carboxylic acids is 4. The molecular weight excluding hydrogens is 965 g/mol. The van der Waals surface area contributed by atoms with Crippen molar-refractivity contribution in [2.24, 2.45) is 11.7 Å². The third-order valence-electron chi connectivity index (χ3n) is 12.9. The number of unbranched alkanes of at least 4 members (excludes halogenated alkanes) is 8. The standard InChI is InChI=1S/C52H72N6O16/c1-5-6-7-8-9-10-11-12-16-19-41(60)56-43-45(62)44(61)40(28-59)74-52(43)73-39-27-32-26-38(47(39)71-4)72-37-21-20-31(25-36(37)58(69)70)24-35(54-48(64)33(53)22-29(2)3)49(65)55-34(23-30-17-14-13-15-18-30)50(66)57-42(32)46(63)51(67)68/h13-15,17-18,20-21,25-27,29,33-35,40,42-46,52,59,61-63H,5-12,16,19,22-24,28,53H2,1-4H3,(H,54,64)(H,55,65)(H,56,60)(H,57,66)(H,67,68)/t33-,34+,35-,40?,42-,43?,44?,45?,46+,52?/m1/s1. The van der Waals surface area contributed by atoms with E-state index in [0.29, 0.717) is 12.0 Å². The van der Waals surface area contributed by atoms with Gasteiger partial charge in [0.15, 0.2) is 17.6 Å². The van der Waals surface area contributed by atoms with Crippen LogP contribution >= 0.6 is 0 Å². The molecule has 0 saturated carbocycles. The van der Waals surface area contributed by atoms with Crippen molar-refractivity contribution in [1.82, 2.24) is 21.3 Å². The lowest BCUT2D eigenvalue weighted by molar-refractivity contribution is -0.385. The number of carbonyl (C=O) groups is 5. The maximum Gasteiger partial charge on any atom is 0.335 e. The third kappa shape index (κ3) is 16.3. The van der Waals surface area contributed by atoms with Gasteiger partial charge in [0.1, 0.15) is 36.4 Å². The van der Waals surface area contributed by atoms with E-state index >= 15 is 0 Å². The molecule has 4 amide bonds. The number of carboxylic acid groups (broad SMARTS) is 1. The van der Waals surface area contributed by atoms with Gasteiger partial charge < -0.3 is 71.5 Å². The Labute approximate surface area is 429 Å². The number of nitrogens with one attached hydrogen (secondary N) is 4. The van der Waals surface area contributed by atoms with E-state index in [4.69, 9.17) is 24.7 Å². The zero-order chi connectivity index (χ0) is 54.1. The number of amides is 4. The van der Waals surface area contributed by atoms with Crippen LogP contribution in [0.15, 0.2) is 60.7 Å². The Morgan fingerprint density at radius 1 is 0.905 bits per heavy atom. The van der Waals surface area contributed by atoms with Crippen LogP contribution in [0.4, 0.5) is 5.69 Å². The molecule has 3 aromatic carbocycles. The van der Waals surface area contributed by atoms with Gasteiger partial charge >= 0.3 is 11.7 Å². The number of rotatable bonds is 24. The zero-order valence-corrected chi connectivity index (χ0v) is 42.3. The smallest absolute Gasteiger partial charge is 0.335 e. The molecule has 0 aliphatic carbocycles. The number of nitro groups is 1. The van der Waals surface area contributed by atoms with Gasteiger partial charge in [0, 0.05) is 25.3 Å². The lowest BCUT2D eigenvalue weighted by Gasteiger charge is -2.42. The Morgan fingerprint density at radius 2 is 1.58 bits per heavy atom. The van der Waals surface area contributed by atoms with Gasteiger partial charge in [-0.05, 0) is 53.6 Å². The lowest BCUT2D eigenvalue weighted by Crippen LogP contribution is -2.65. The number of ether oxygens (including phenoxy) is 4. The van der Waals surface area contributed by atoms with Crippen LogP contribution in [0.3, 0.4) is 0 Å². The molecular formula is C52H72N6O16. The Balaban J connectivity index is 1.61. The van der Waals surface area contributed by atoms with E-state index in [0.717, 1.165) is 56.7 Å². The predicted molar refractivity (Wildman–Crippen MR) is 268 cm³/mol. The first-order valence-electron chi connectivity index (χ1n) is 25.2. The molecule has 6 rings (SSSR count). The highest BCUT2D eigenvalue weighted by Crippen LogP contribution is 2.45. The summed E-state index contributed by atoms with van der Waals surface area (Å²) in [6, 6.07) is 6.91. The van der Waals surface area contributed by atoms with Gasteiger partial charge in [0.2, 0.25) is 41.4 Å². The van der Waals surface area contributed by atoms with E-state index in [9.17, 15) is 59.6 Å². The van der Waals surface area contributed by atoms with Crippen LogP contribution in [0.25, 0.3) is 0 Å². The summed E-state index contributed by atoms with van der Waals surface area (Å²) in [5.74, 6) is -6.54. The molecule has 0 aromatic heterocycles. The van der Waals surface area contributed by atoms with Crippen molar-refractivity contribution in [2.45, 2.75) is 165 Å². The lowest BCUT2D eigenvalue weighted by atomic mass is 9.96. The number of nitrogens with two attached hydrogens (primary N) is 1. The van der Waals surface area contributed by atoms with E-state index in [2.05, 4.69) is 28.2 Å². The number of benzene rings is 3. The summed E-state index contributed by atoms with van der Waals surface area (Å²) in [6.07, 6.45) is -0.450. The summed E-state index contributed by atoms with van der Waals surface area (Å²) < 4.78 is 24.2. The van der Waals surface area contributed by atoms with Crippen LogP contribution in [0, 0.1) is 16.0 Å². The van der Waals surface area contributed by atoms with Crippen LogP contribution in [0.5, 0.6) is 23.0 Å². The average Bonchev–Trinajstić information content (AvgIpc) is 3.36. The number of hydrogen-bond acceptors (Lipinski definition) is 16. The first-order valence-corrected chi connectivity index (χ1v) is 25.2. The van der Waals surface area contributed by atoms with Crippen LogP contribution in [0.1, 0.15) is 114 Å². The van der Waals surface area contributed by atoms with Crippen molar-refractivity contribution in [1.29, 1.82) is 0 Å². The summed E-state index contributed by atoms with van der Waals surface area (Å²) in [7, 11) is 1.17. The van der Waals surface area contributed by atoms with Gasteiger partial charge in [0.05, 0.1) is 30.7 Å². The highest BCUT2D eigenvalue weighted by Gasteiger charge is 2.47. The fourth-order valence-electron chi connectivity index (χ4n) is 8.91. The van der Waals surface area contributed by atoms with Crippen LogP contribution in [-0.4, -0.2) is 129 Å². The summed E-state index contributed by atoms with van der Waals surface area (Å²) in [4.78, 5) is 80.6. The van der Waals surface area contributed by atoms with Crippen molar-refractivity contribution in [3.8, 4) is 23.0 Å². The highest BCUT2D eigenvalue weighted by molar-refractivity contribution is 5.93. The molecule has 74 heavy (non-hydrogen) atoms. The maximum absolute atomic E-state index is 14.6. The molecule has 3 heterocycles. The van der Waals surface area contributed by atoms with Gasteiger partial charge in [-0.15, -0.1) is 0 Å². The SMILES string of the molecule is CCCCCCCCCCCC(=O)NC1C(Oc2cc3cc(c2OC)Oc2ccc(cc2[N+](=O)[O-])C[C@@H](NC(=O)[C@H](N)CC(C)C)C(=O)N[C@@H](Cc2ccccc2)C(=O)N[C@H]3[C@H](O)C(=O)O)OC(CO)C(O)C1O. The summed E-state index contributed by atoms with van der Waals surface area (Å²) in [5, 5.41) is 77.5. The molecule has 10 atom stereocenters. The van der Waals surface area contributed by atoms with E-state index < -0.39 is 125 Å². The second-order valence-electron chi connectivity index (χ2n) is 19.2. The normalized spacial score (nSPS) is 22.9. The zero-order valence-electron chi connectivity index (χ0n) is 42.3. The van der Waals surface area contributed by atoms with Crippen molar-refractivity contribution < 1.29 is 73.4 Å². The molecule has 0 radical (unpaired) electrons. The molecule has 1 saturated heterocycles. The summed E-state index contributed by atoms with van der Waals surface area (Å²) >= 11 is 0. The number of methoxy groups -OCH3 is 1. The monoisotopic (exact) mass is 1040 g/mol. The number of carboxylic acids is 1. The van der Waals surface area contributed by atoms with E-state index in [1.807, 2.05) is 13.8 Å². The minimum Gasteiger partial charge on any atom is -0.490 e. The average molecular weight is 1040 g/mol. The molecule has 11 N–H and O–H groups in total. The molecule has 22 nitrogen and oxygen atoms in total. The van der Waals surface area contributed by atoms with Crippen LogP contribution in [0.2, 0.25) is 0 Å². The molecule has 3 aliphatic heterocycles. The molecule has 3 aromatic rings. The molecule has 22 heteroatoms. The number of nitro benzene ring substituents is 1. The fourth-order valence-corrected chi connectivity index (χ4v) is 8.91. The second-order valence-corrected chi connectivity index (χ2v) is 19.2. The first kappa shape index (κ1) is 58.5. The summed E-state index contributed by atoms with van der Waals surface area (Å²) in [6.45, 7) is 5.03. The Kier molecular flexibility index (Phi) is 22.4. The molecule has 5 unspecified atom stereocenters. The number of hydrogen-bond donors (Lipinski definition) is 10. The minimum atomic E-state index is -2.45. The molecule has 4 bridgehead atoms. The Bertz CT molecular complexity index is 2370. The van der Waals surface area contributed by atoms with Gasteiger partial charge in [-0.1, -0.05) is 109 Å². The second kappa shape index (κ2) is 28.3. The largest absolute Gasteiger partial charge is 0.490 e. The predicted octanol–water partition coefficient (Wildman–Crippen LogP) is 3.36. The highest BCUT2D eigenvalue weighted by atomic mass is 16.7. The summed E-state index contributed by atoms with van der Waals surface area (Å²) in [5.41, 5.74) is 5.98. The third-order valence-corrected chi connectivity index (χ3v) is 12.9. The van der Waals surface area contributed by atoms with E-state index in [1.165, 1.54) is 32.1 Å². The van der Waals surface area contributed by atoms with Crippen LogP contribution in [-0.2, 0) is 41.6 Å². The number of aliphatic carboxylic acids is 1. The fraction of sp³-hybridized carbons (Fsp3) is 0.558. The van der Waals surface area contributed by atoms with E-state index in [-0.39, 0.29) is 48.5 Å². The Hall–Kier alpha value is -6.43. The topological polar surface area (TPSA) is 341 Å². The van der Waals surface area contributed by atoms with Gasteiger partial charge in [0.25, 0.3) is 0 Å². The van der Waals surface area contributed by atoms with E-state index in [1.54, 1.807) is 30.3 Å². The maximum atomic E-state index is 14.6. The Morgan fingerprint density at radius 3 is 2.20 bits per heavy atom. The number of aliphatic hydroxyl groups excluding tert-OH is 4. The molecule has 406 valence electrons. The van der Waals surface area contributed by atoms with Gasteiger partial charge in [-0.2, -0.15) is 0 Å². The van der Waals surface area contributed by atoms with Crippen molar-refractivity contribution >= 4 is 35.3 Å². The number of aliphatic hydroxyl groups is 4. The van der Waals surface area contributed by atoms with Crippen molar-refractivity contribution in [2.75, 3.05) is 13.7 Å². The minimum absolute atomic E-state index is 0.00421. The van der Waals surface area contributed by atoms with Crippen molar-refractivity contribution in [3.63, 3.8) is 0 Å². The number of fused-ring (bicyclic) bond motifs is 9. The van der Waals surface area contributed by atoms with Crippen LogP contribution < -0.4 is 41.2 Å². The van der Waals surface area contributed by atoms with Gasteiger partial charge in [-0.25, -0.2) is 4.79 Å². The molecule has 1 fully saturated rings. The first-order chi connectivity index (χ1) is 35.3.